The van der Waals surface area contributed by atoms with Crippen molar-refractivity contribution in [3.63, 3.8) is 0 Å². The molecule has 3 N–H and O–H groups in total. The molecule has 0 fully saturated rings. The molecule has 1 rings (SSSR count). The van der Waals surface area contributed by atoms with Crippen molar-refractivity contribution in [2.75, 3.05) is 25.9 Å². The molecule has 0 aliphatic rings. The summed E-state index contributed by atoms with van der Waals surface area (Å²) in [5.74, 6) is -1.41. The van der Waals surface area contributed by atoms with Crippen LogP contribution in [-0.4, -0.2) is 43.0 Å². The fourth-order valence-electron chi connectivity index (χ4n) is 1.72. The topological polar surface area (TPSA) is 75.4 Å². The van der Waals surface area contributed by atoms with Crippen LogP contribution in [-0.2, 0) is 4.79 Å². The SMILES string of the molecule is Cc1cccc(N)c1C(=O)N(C)CC(=O)NCC(F)(F)F. The van der Waals surface area contributed by atoms with Crippen LogP contribution in [0.2, 0.25) is 0 Å². The van der Waals surface area contributed by atoms with E-state index in [9.17, 15) is 22.8 Å². The number of carbonyl (C=O) groups excluding carboxylic acids is 2. The standard InChI is InChI=1S/C13H16F3N3O2/c1-8-4-3-5-9(17)11(8)12(21)19(2)6-10(20)18-7-13(14,15)16/h3-5H,6-7,17H2,1-2H3,(H,18,20). The van der Waals surface area contributed by atoms with Crippen LogP contribution in [0.15, 0.2) is 18.2 Å². The fraction of sp³-hybridized carbons (Fsp3) is 0.385. The summed E-state index contributed by atoms with van der Waals surface area (Å²) in [4.78, 5) is 24.6. The lowest BCUT2D eigenvalue weighted by atomic mass is 10.1. The Kier molecular flexibility index (Phi) is 5.17. The summed E-state index contributed by atoms with van der Waals surface area (Å²) in [5, 5.41) is 1.70. The average molecular weight is 303 g/mol. The zero-order valence-electron chi connectivity index (χ0n) is 11.6. The predicted molar refractivity (Wildman–Crippen MR) is 71.6 cm³/mol. The number of amides is 2. The molecule has 0 unspecified atom stereocenters. The largest absolute Gasteiger partial charge is 0.405 e. The molecule has 5 nitrogen and oxygen atoms in total. The summed E-state index contributed by atoms with van der Waals surface area (Å²) in [5.41, 5.74) is 6.83. The van der Waals surface area contributed by atoms with Gasteiger partial charge >= 0.3 is 6.18 Å². The molecule has 116 valence electrons. The van der Waals surface area contributed by atoms with Crippen LogP contribution in [0.25, 0.3) is 0 Å². The Morgan fingerprint density at radius 3 is 2.48 bits per heavy atom. The first-order chi connectivity index (χ1) is 9.61. The molecule has 0 saturated carbocycles. The van der Waals surface area contributed by atoms with Crippen LogP contribution in [0.5, 0.6) is 0 Å². The van der Waals surface area contributed by atoms with E-state index in [0.29, 0.717) is 5.56 Å². The van der Waals surface area contributed by atoms with Gasteiger partial charge in [0, 0.05) is 12.7 Å². The van der Waals surface area contributed by atoms with Crippen molar-refractivity contribution in [1.82, 2.24) is 10.2 Å². The normalized spacial score (nSPS) is 11.1. The molecule has 2 amide bonds. The molecule has 0 aliphatic carbocycles. The number of benzene rings is 1. The van der Waals surface area contributed by atoms with Gasteiger partial charge in [-0.3, -0.25) is 9.59 Å². The molecule has 1 aromatic carbocycles. The van der Waals surface area contributed by atoms with Crippen molar-refractivity contribution in [3.8, 4) is 0 Å². The van der Waals surface area contributed by atoms with Crippen LogP contribution >= 0.6 is 0 Å². The lowest BCUT2D eigenvalue weighted by Gasteiger charge is -2.19. The van der Waals surface area contributed by atoms with Gasteiger partial charge in [-0.25, -0.2) is 0 Å². The molecule has 8 heteroatoms. The number of anilines is 1. The molecular formula is C13H16F3N3O2. The molecule has 1 aromatic rings. The smallest absolute Gasteiger partial charge is 0.398 e. The van der Waals surface area contributed by atoms with Gasteiger partial charge in [0.2, 0.25) is 5.91 Å². The van der Waals surface area contributed by atoms with Crippen molar-refractivity contribution >= 4 is 17.5 Å². The maximum Gasteiger partial charge on any atom is 0.405 e. The Bertz CT molecular complexity index is 524. The lowest BCUT2D eigenvalue weighted by Crippen LogP contribution is -2.42. The fourth-order valence-corrected chi connectivity index (χ4v) is 1.72. The monoisotopic (exact) mass is 303 g/mol. The van der Waals surface area contributed by atoms with Gasteiger partial charge in [-0.05, 0) is 18.6 Å². The van der Waals surface area contributed by atoms with Crippen molar-refractivity contribution in [2.45, 2.75) is 13.1 Å². The number of halogens is 3. The van der Waals surface area contributed by atoms with Crippen LogP contribution in [0.4, 0.5) is 18.9 Å². The predicted octanol–water partition coefficient (Wildman–Crippen LogP) is 1.33. The van der Waals surface area contributed by atoms with Crippen LogP contribution in [0.1, 0.15) is 15.9 Å². The number of nitrogens with two attached hydrogens (primary N) is 1. The number of rotatable bonds is 4. The third-order valence-corrected chi connectivity index (χ3v) is 2.73. The highest BCUT2D eigenvalue weighted by molar-refractivity contribution is 6.01. The second-order valence-electron chi connectivity index (χ2n) is 4.59. The van der Waals surface area contributed by atoms with E-state index in [-0.39, 0.29) is 11.3 Å². The molecule has 0 atom stereocenters. The van der Waals surface area contributed by atoms with Gasteiger partial charge in [0.05, 0.1) is 12.1 Å². The molecule has 0 heterocycles. The molecule has 0 aliphatic heterocycles. The van der Waals surface area contributed by atoms with E-state index in [4.69, 9.17) is 5.73 Å². The highest BCUT2D eigenvalue weighted by Gasteiger charge is 2.28. The Hall–Kier alpha value is -2.25. The van der Waals surface area contributed by atoms with Gasteiger partial charge in [0.1, 0.15) is 6.54 Å². The second-order valence-corrected chi connectivity index (χ2v) is 4.59. The van der Waals surface area contributed by atoms with Crippen LogP contribution < -0.4 is 11.1 Å². The van der Waals surface area contributed by atoms with Crippen molar-refractivity contribution in [2.24, 2.45) is 0 Å². The minimum Gasteiger partial charge on any atom is -0.398 e. The Morgan fingerprint density at radius 2 is 1.95 bits per heavy atom. The number of likely N-dealkylation sites (N-methyl/N-ethyl adjacent to an activating group) is 1. The van der Waals surface area contributed by atoms with Crippen molar-refractivity contribution in [1.29, 1.82) is 0 Å². The first-order valence-electron chi connectivity index (χ1n) is 6.06. The van der Waals surface area contributed by atoms with E-state index < -0.39 is 31.1 Å². The van der Waals surface area contributed by atoms with Crippen molar-refractivity contribution in [3.05, 3.63) is 29.3 Å². The summed E-state index contributed by atoms with van der Waals surface area (Å²) in [6, 6.07) is 4.90. The molecule has 0 aromatic heterocycles. The maximum absolute atomic E-state index is 12.2. The van der Waals surface area contributed by atoms with Gasteiger partial charge in [0.25, 0.3) is 5.91 Å². The third-order valence-electron chi connectivity index (χ3n) is 2.73. The van der Waals surface area contributed by atoms with E-state index in [1.807, 2.05) is 0 Å². The van der Waals surface area contributed by atoms with Gasteiger partial charge in [0.15, 0.2) is 0 Å². The Morgan fingerprint density at radius 1 is 1.33 bits per heavy atom. The van der Waals surface area contributed by atoms with E-state index >= 15 is 0 Å². The van der Waals surface area contributed by atoms with Gasteiger partial charge in [-0.1, -0.05) is 12.1 Å². The van der Waals surface area contributed by atoms with E-state index in [0.717, 1.165) is 4.90 Å². The quantitative estimate of drug-likeness (QED) is 0.824. The van der Waals surface area contributed by atoms with Gasteiger partial charge in [-0.2, -0.15) is 13.2 Å². The summed E-state index contributed by atoms with van der Waals surface area (Å²) >= 11 is 0. The molecule has 21 heavy (non-hydrogen) atoms. The Labute approximate surface area is 119 Å². The number of hydrogen-bond acceptors (Lipinski definition) is 3. The molecule has 0 bridgehead atoms. The summed E-state index contributed by atoms with van der Waals surface area (Å²) in [6.07, 6.45) is -4.49. The number of carbonyl (C=O) groups is 2. The highest BCUT2D eigenvalue weighted by Crippen LogP contribution is 2.18. The average Bonchev–Trinajstić information content (AvgIpc) is 2.35. The lowest BCUT2D eigenvalue weighted by molar-refractivity contribution is -0.138. The molecule has 0 radical (unpaired) electrons. The first-order valence-corrected chi connectivity index (χ1v) is 6.06. The van der Waals surface area contributed by atoms with Crippen LogP contribution in [0.3, 0.4) is 0 Å². The maximum atomic E-state index is 12.2. The number of hydrogen-bond donors (Lipinski definition) is 2. The van der Waals surface area contributed by atoms with E-state index in [1.165, 1.54) is 13.1 Å². The first kappa shape index (κ1) is 16.8. The van der Waals surface area contributed by atoms with E-state index in [2.05, 4.69) is 0 Å². The van der Waals surface area contributed by atoms with Crippen LogP contribution in [0, 0.1) is 6.92 Å². The zero-order valence-corrected chi connectivity index (χ0v) is 11.6. The molecule has 0 saturated heterocycles. The molecule has 0 spiro atoms. The van der Waals surface area contributed by atoms with Crippen molar-refractivity contribution < 1.29 is 22.8 Å². The minimum atomic E-state index is -4.49. The number of aryl methyl sites for hydroxylation is 1. The summed E-state index contributed by atoms with van der Waals surface area (Å²) < 4.78 is 35.9. The molecular weight excluding hydrogens is 287 g/mol. The number of alkyl halides is 3. The summed E-state index contributed by atoms with van der Waals surface area (Å²) in [7, 11) is 1.32. The minimum absolute atomic E-state index is 0.239. The number of nitrogens with one attached hydrogen (secondary N) is 1. The summed E-state index contributed by atoms with van der Waals surface area (Å²) in [6.45, 7) is -0.232. The third kappa shape index (κ3) is 4.97. The highest BCUT2D eigenvalue weighted by atomic mass is 19.4. The number of nitrogen functional groups attached to an aromatic ring is 1. The zero-order chi connectivity index (χ0) is 16.2. The van der Waals surface area contributed by atoms with E-state index in [1.54, 1.807) is 24.4 Å². The number of nitrogens with zero attached hydrogens (tertiary/aromatic N) is 1. The van der Waals surface area contributed by atoms with Gasteiger partial charge < -0.3 is 16.0 Å². The second kappa shape index (κ2) is 6.47. The Balaban J connectivity index is 2.69. The van der Waals surface area contributed by atoms with Gasteiger partial charge in [-0.15, -0.1) is 0 Å².